The van der Waals surface area contributed by atoms with E-state index < -0.39 is 17.0 Å². The first kappa shape index (κ1) is 12.9. The van der Waals surface area contributed by atoms with Gasteiger partial charge < -0.3 is 15.5 Å². The molecule has 0 heterocycles. The van der Waals surface area contributed by atoms with Crippen molar-refractivity contribution in [1.82, 2.24) is 0 Å². The molecular weight excluding hydrogens is 216 g/mol. The summed E-state index contributed by atoms with van der Waals surface area (Å²) in [5.41, 5.74) is -0.588. The Morgan fingerprint density at radius 2 is 1.88 bits per heavy atom. The molecule has 0 unspecified atom stereocenters. The van der Waals surface area contributed by atoms with Gasteiger partial charge in [-0.15, -0.1) is 0 Å². The second-order valence-corrected chi connectivity index (χ2v) is 4.10. The molecule has 3 nitrogen and oxygen atoms in total. The SMILES string of the molecule is CC(CO)(CO)CNc1ccc(F)cc1F. The molecule has 1 aromatic rings. The third-order valence-corrected chi connectivity index (χ3v) is 2.40. The van der Waals surface area contributed by atoms with Crippen LogP contribution in [0.1, 0.15) is 6.92 Å². The Morgan fingerprint density at radius 3 is 2.38 bits per heavy atom. The predicted octanol–water partition coefficient (Wildman–Crippen LogP) is 1.37. The van der Waals surface area contributed by atoms with Crippen LogP contribution in [0.3, 0.4) is 0 Å². The van der Waals surface area contributed by atoms with Crippen LogP contribution >= 0.6 is 0 Å². The van der Waals surface area contributed by atoms with Crippen LogP contribution in [0.2, 0.25) is 0 Å². The van der Waals surface area contributed by atoms with Gasteiger partial charge in [0.05, 0.1) is 18.9 Å². The molecule has 1 rings (SSSR count). The minimum atomic E-state index is -0.735. The van der Waals surface area contributed by atoms with E-state index in [1.807, 2.05) is 0 Å². The molecule has 0 bridgehead atoms. The van der Waals surface area contributed by atoms with Crippen LogP contribution in [-0.2, 0) is 0 Å². The Kier molecular flexibility index (Phi) is 4.20. The fourth-order valence-corrected chi connectivity index (χ4v) is 1.10. The monoisotopic (exact) mass is 231 g/mol. The van der Waals surface area contributed by atoms with Gasteiger partial charge in [0, 0.05) is 18.0 Å². The molecule has 0 saturated heterocycles. The van der Waals surface area contributed by atoms with E-state index >= 15 is 0 Å². The average Bonchev–Trinajstić information content (AvgIpc) is 2.27. The van der Waals surface area contributed by atoms with Crippen molar-refractivity contribution in [2.75, 3.05) is 25.1 Å². The number of aliphatic hydroxyl groups excluding tert-OH is 2. The van der Waals surface area contributed by atoms with Gasteiger partial charge in [0.15, 0.2) is 0 Å². The third-order valence-electron chi connectivity index (χ3n) is 2.40. The van der Waals surface area contributed by atoms with Gasteiger partial charge in [0.1, 0.15) is 11.6 Å². The van der Waals surface area contributed by atoms with Crippen molar-refractivity contribution < 1.29 is 19.0 Å². The van der Waals surface area contributed by atoms with Gasteiger partial charge in [-0.2, -0.15) is 0 Å². The second kappa shape index (κ2) is 5.23. The van der Waals surface area contributed by atoms with Crippen molar-refractivity contribution in [2.24, 2.45) is 5.41 Å². The molecule has 0 aliphatic heterocycles. The summed E-state index contributed by atoms with van der Waals surface area (Å²) >= 11 is 0. The van der Waals surface area contributed by atoms with Gasteiger partial charge in [-0.3, -0.25) is 0 Å². The Hall–Kier alpha value is -1.20. The molecule has 0 spiro atoms. The Bertz CT molecular complexity index is 354. The van der Waals surface area contributed by atoms with E-state index in [-0.39, 0.29) is 25.4 Å². The quantitative estimate of drug-likeness (QED) is 0.717. The van der Waals surface area contributed by atoms with Crippen molar-refractivity contribution in [3.63, 3.8) is 0 Å². The number of hydrogen-bond donors (Lipinski definition) is 3. The normalized spacial score (nSPS) is 11.6. The van der Waals surface area contributed by atoms with Gasteiger partial charge >= 0.3 is 0 Å². The number of nitrogens with one attached hydrogen (secondary N) is 1. The Morgan fingerprint density at radius 1 is 1.25 bits per heavy atom. The van der Waals surface area contributed by atoms with Crippen LogP contribution in [0.25, 0.3) is 0 Å². The zero-order valence-corrected chi connectivity index (χ0v) is 9.00. The van der Waals surface area contributed by atoms with E-state index in [2.05, 4.69) is 5.32 Å². The molecule has 0 aliphatic rings. The Balaban J connectivity index is 2.67. The van der Waals surface area contributed by atoms with E-state index in [0.29, 0.717) is 0 Å². The summed E-state index contributed by atoms with van der Waals surface area (Å²) in [6, 6.07) is 3.19. The van der Waals surface area contributed by atoms with E-state index in [4.69, 9.17) is 10.2 Å². The maximum atomic E-state index is 13.2. The minimum absolute atomic E-state index is 0.148. The molecule has 0 atom stereocenters. The molecular formula is C11H15F2NO2. The molecule has 90 valence electrons. The molecule has 0 saturated carbocycles. The number of rotatable bonds is 5. The highest BCUT2D eigenvalue weighted by Crippen LogP contribution is 2.19. The standard InChI is InChI=1S/C11H15F2NO2/c1-11(6-15,7-16)5-14-10-3-2-8(12)4-9(10)13/h2-4,14-16H,5-7H2,1H3. The first-order chi connectivity index (χ1) is 7.50. The van der Waals surface area contributed by atoms with Gasteiger partial charge in [0.2, 0.25) is 0 Å². The molecule has 0 amide bonds. The Labute approximate surface area is 92.7 Å². The summed E-state index contributed by atoms with van der Waals surface area (Å²) < 4.78 is 25.8. The topological polar surface area (TPSA) is 52.5 Å². The number of benzene rings is 1. The lowest BCUT2D eigenvalue weighted by Gasteiger charge is -2.25. The average molecular weight is 231 g/mol. The van der Waals surface area contributed by atoms with Crippen molar-refractivity contribution in [3.8, 4) is 0 Å². The van der Waals surface area contributed by atoms with Crippen LogP contribution in [-0.4, -0.2) is 30.0 Å². The zero-order valence-electron chi connectivity index (χ0n) is 9.00. The van der Waals surface area contributed by atoms with Crippen molar-refractivity contribution in [1.29, 1.82) is 0 Å². The van der Waals surface area contributed by atoms with Crippen LogP contribution in [0.15, 0.2) is 18.2 Å². The largest absolute Gasteiger partial charge is 0.396 e. The summed E-state index contributed by atoms with van der Waals surface area (Å²) in [6.07, 6.45) is 0. The molecule has 0 radical (unpaired) electrons. The van der Waals surface area contributed by atoms with Crippen LogP contribution in [0.5, 0.6) is 0 Å². The fourth-order valence-electron chi connectivity index (χ4n) is 1.10. The van der Waals surface area contributed by atoms with Gasteiger partial charge in [-0.1, -0.05) is 6.92 Å². The lowest BCUT2D eigenvalue weighted by molar-refractivity contribution is 0.0806. The van der Waals surface area contributed by atoms with Crippen molar-refractivity contribution in [2.45, 2.75) is 6.92 Å². The summed E-state index contributed by atoms with van der Waals surface area (Å²) in [5, 5.41) is 20.8. The summed E-state index contributed by atoms with van der Waals surface area (Å²) in [6.45, 7) is 1.41. The molecule has 0 aromatic heterocycles. The van der Waals surface area contributed by atoms with Crippen LogP contribution < -0.4 is 5.32 Å². The molecule has 0 aliphatic carbocycles. The molecule has 5 heteroatoms. The maximum Gasteiger partial charge on any atom is 0.149 e. The molecule has 1 aromatic carbocycles. The van der Waals surface area contributed by atoms with Crippen molar-refractivity contribution >= 4 is 5.69 Å². The van der Waals surface area contributed by atoms with E-state index in [1.54, 1.807) is 6.92 Å². The lowest BCUT2D eigenvalue weighted by Crippen LogP contribution is -2.34. The highest BCUT2D eigenvalue weighted by molar-refractivity contribution is 5.44. The highest BCUT2D eigenvalue weighted by Gasteiger charge is 2.22. The van der Waals surface area contributed by atoms with E-state index in [1.165, 1.54) is 6.07 Å². The van der Waals surface area contributed by atoms with Gasteiger partial charge in [-0.05, 0) is 12.1 Å². The van der Waals surface area contributed by atoms with Gasteiger partial charge in [-0.25, -0.2) is 8.78 Å². The first-order valence-electron chi connectivity index (χ1n) is 4.91. The number of hydrogen-bond acceptors (Lipinski definition) is 3. The zero-order chi connectivity index (χ0) is 12.2. The van der Waals surface area contributed by atoms with E-state index in [9.17, 15) is 8.78 Å². The maximum absolute atomic E-state index is 13.2. The highest BCUT2D eigenvalue weighted by atomic mass is 19.1. The third kappa shape index (κ3) is 3.15. The van der Waals surface area contributed by atoms with Crippen molar-refractivity contribution in [3.05, 3.63) is 29.8 Å². The fraction of sp³-hybridized carbons (Fsp3) is 0.455. The molecule has 0 fully saturated rings. The smallest absolute Gasteiger partial charge is 0.149 e. The molecule has 3 N–H and O–H groups in total. The van der Waals surface area contributed by atoms with Gasteiger partial charge in [0.25, 0.3) is 0 Å². The number of anilines is 1. The molecule has 16 heavy (non-hydrogen) atoms. The first-order valence-corrected chi connectivity index (χ1v) is 4.91. The second-order valence-electron chi connectivity index (χ2n) is 4.10. The summed E-state index contributed by atoms with van der Waals surface area (Å²) in [5.74, 6) is -1.34. The number of aliphatic hydroxyl groups is 2. The minimum Gasteiger partial charge on any atom is -0.396 e. The summed E-state index contributed by atoms with van der Waals surface area (Å²) in [7, 11) is 0. The van der Waals surface area contributed by atoms with E-state index in [0.717, 1.165) is 12.1 Å². The summed E-state index contributed by atoms with van der Waals surface area (Å²) in [4.78, 5) is 0. The van der Waals surface area contributed by atoms with Crippen LogP contribution in [0, 0.1) is 17.0 Å². The number of halogens is 2. The predicted molar refractivity (Wildman–Crippen MR) is 57.1 cm³/mol. The van der Waals surface area contributed by atoms with Crippen LogP contribution in [0.4, 0.5) is 14.5 Å². The lowest BCUT2D eigenvalue weighted by atomic mass is 9.93.